The average Bonchev–Trinajstić information content (AvgIpc) is 3.00. The van der Waals surface area contributed by atoms with Gasteiger partial charge >= 0.3 is 0 Å². The van der Waals surface area contributed by atoms with Gasteiger partial charge in [0.05, 0.1) is 18.6 Å². The van der Waals surface area contributed by atoms with Crippen LogP contribution >= 0.6 is 0 Å². The summed E-state index contributed by atoms with van der Waals surface area (Å²) in [5, 5.41) is 22.8. The Kier molecular flexibility index (Phi) is 5.36. The molecule has 0 spiro atoms. The van der Waals surface area contributed by atoms with E-state index >= 15 is 0 Å². The maximum atomic E-state index is 10.1. The van der Waals surface area contributed by atoms with Crippen LogP contribution in [-0.2, 0) is 19.6 Å². The molecule has 0 fully saturated rings. The summed E-state index contributed by atoms with van der Waals surface area (Å²) in [4.78, 5) is 4.06. The van der Waals surface area contributed by atoms with Crippen LogP contribution in [0.5, 0.6) is 5.75 Å². The topological polar surface area (TPSA) is 78.5 Å². The van der Waals surface area contributed by atoms with Gasteiger partial charge in [-0.1, -0.05) is 0 Å². The molecule has 3 N–H and O–H groups in total. The van der Waals surface area contributed by atoms with Gasteiger partial charge in [0.1, 0.15) is 11.5 Å². The lowest BCUT2D eigenvalue weighted by atomic mass is 10.1. The molecule has 2 heterocycles. The van der Waals surface area contributed by atoms with Crippen molar-refractivity contribution in [3.8, 4) is 5.75 Å². The van der Waals surface area contributed by atoms with E-state index in [9.17, 15) is 10.2 Å². The molecule has 0 saturated carbocycles. The highest BCUT2D eigenvalue weighted by molar-refractivity contribution is 5.40. The van der Waals surface area contributed by atoms with Crippen LogP contribution in [-0.4, -0.2) is 21.2 Å². The Bertz CT molecular complexity index is 567. The number of aromatic hydroxyl groups is 1. The molecule has 2 aromatic heterocycles. The minimum absolute atomic E-state index is 0.126. The number of nitrogens with one attached hydrogen (secondary N) is 1. The molecule has 21 heavy (non-hydrogen) atoms. The molecule has 2 aromatic rings. The summed E-state index contributed by atoms with van der Waals surface area (Å²) >= 11 is 0. The van der Waals surface area contributed by atoms with Gasteiger partial charge in [0.15, 0.2) is 0 Å². The molecule has 5 nitrogen and oxygen atoms in total. The monoisotopic (exact) mass is 290 g/mol. The van der Waals surface area contributed by atoms with Crippen molar-refractivity contribution in [2.45, 2.75) is 45.9 Å². The van der Waals surface area contributed by atoms with E-state index in [1.165, 1.54) is 0 Å². The number of aliphatic hydroxyl groups excluding tert-OH is 1. The van der Waals surface area contributed by atoms with Gasteiger partial charge in [-0.05, 0) is 32.4 Å². The molecule has 2 rings (SSSR count). The fourth-order valence-electron chi connectivity index (χ4n) is 2.21. The van der Waals surface area contributed by atoms with Crippen LogP contribution in [0.1, 0.15) is 35.9 Å². The normalized spacial score (nSPS) is 12.5. The van der Waals surface area contributed by atoms with Gasteiger partial charge < -0.3 is 19.9 Å². The third-order valence-electron chi connectivity index (χ3n) is 3.63. The molecule has 1 unspecified atom stereocenters. The second-order valence-electron chi connectivity index (χ2n) is 5.25. The molecule has 0 aliphatic heterocycles. The van der Waals surface area contributed by atoms with Crippen molar-refractivity contribution < 1.29 is 14.6 Å². The highest BCUT2D eigenvalue weighted by atomic mass is 16.3. The summed E-state index contributed by atoms with van der Waals surface area (Å²) in [6.07, 6.45) is 5.10. The van der Waals surface area contributed by atoms with Crippen molar-refractivity contribution in [3.63, 3.8) is 0 Å². The second-order valence-corrected chi connectivity index (χ2v) is 5.25. The smallest absolute Gasteiger partial charge is 0.141 e. The Morgan fingerprint density at radius 2 is 2.24 bits per heavy atom. The molecule has 0 amide bonds. The lowest BCUT2D eigenvalue weighted by Crippen LogP contribution is -2.26. The Morgan fingerprint density at radius 3 is 2.90 bits per heavy atom. The van der Waals surface area contributed by atoms with Gasteiger partial charge in [-0.15, -0.1) is 0 Å². The molecular weight excluding hydrogens is 268 g/mol. The zero-order valence-electron chi connectivity index (χ0n) is 12.5. The molecule has 0 bridgehead atoms. The van der Waals surface area contributed by atoms with E-state index in [-0.39, 0.29) is 18.4 Å². The van der Waals surface area contributed by atoms with E-state index in [1.54, 1.807) is 19.4 Å². The van der Waals surface area contributed by atoms with E-state index < -0.39 is 0 Å². The Labute approximate surface area is 124 Å². The Hall–Kier alpha value is -1.85. The first-order chi connectivity index (χ1) is 10.1. The SMILES string of the molecule is Cc1ncc(CO)c(CNC(C)CCc2ccco2)c1O. The summed E-state index contributed by atoms with van der Waals surface area (Å²) < 4.78 is 5.31. The quantitative estimate of drug-likeness (QED) is 0.729. The number of aliphatic hydroxyl groups is 1. The maximum Gasteiger partial charge on any atom is 0.141 e. The molecule has 0 aromatic carbocycles. The van der Waals surface area contributed by atoms with Gasteiger partial charge in [-0.25, -0.2) is 0 Å². The predicted octanol–water partition coefficient (Wildman–Crippen LogP) is 2.29. The molecule has 114 valence electrons. The molecule has 5 heteroatoms. The molecular formula is C16H22N2O3. The van der Waals surface area contributed by atoms with Crippen molar-refractivity contribution >= 4 is 0 Å². The highest BCUT2D eigenvalue weighted by Crippen LogP contribution is 2.23. The average molecular weight is 290 g/mol. The van der Waals surface area contributed by atoms with Gasteiger partial charge in [-0.2, -0.15) is 0 Å². The Morgan fingerprint density at radius 1 is 1.43 bits per heavy atom. The van der Waals surface area contributed by atoms with E-state index in [4.69, 9.17) is 4.42 Å². The summed E-state index contributed by atoms with van der Waals surface area (Å²) in [7, 11) is 0. The maximum absolute atomic E-state index is 10.1. The lowest BCUT2D eigenvalue weighted by molar-refractivity contribution is 0.278. The molecule has 0 aliphatic rings. The van der Waals surface area contributed by atoms with Crippen molar-refractivity contribution in [1.29, 1.82) is 0 Å². The number of nitrogens with zero attached hydrogens (tertiary/aromatic N) is 1. The van der Waals surface area contributed by atoms with Crippen molar-refractivity contribution in [2.24, 2.45) is 0 Å². The zero-order valence-corrected chi connectivity index (χ0v) is 12.5. The standard InChI is InChI=1S/C16H22N2O3/c1-11(5-6-14-4-3-7-21-14)17-9-15-13(10-19)8-18-12(2)16(15)20/h3-4,7-8,11,17,19-20H,5-6,9-10H2,1-2H3. The third kappa shape index (κ3) is 4.06. The van der Waals surface area contributed by atoms with Crippen LogP contribution in [0.4, 0.5) is 0 Å². The summed E-state index contributed by atoms with van der Waals surface area (Å²) in [5.74, 6) is 1.13. The van der Waals surface area contributed by atoms with Gasteiger partial charge in [-0.3, -0.25) is 4.98 Å². The van der Waals surface area contributed by atoms with Gasteiger partial charge in [0, 0.05) is 36.3 Å². The van der Waals surface area contributed by atoms with Crippen molar-refractivity contribution in [3.05, 3.63) is 47.2 Å². The molecule has 0 radical (unpaired) electrons. The van der Waals surface area contributed by atoms with Crippen LogP contribution in [0.25, 0.3) is 0 Å². The predicted molar refractivity (Wildman–Crippen MR) is 79.9 cm³/mol. The summed E-state index contributed by atoms with van der Waals surface area (Å²) in [6, 6.07) is 4.13. The van der Waals surface area contributed by atoms with Crippen LogP contribution in [0.3, 0.4) is 0 Å². The number of aryl methyl sites for hydroxylation is 2. The minimum atomic E-state index is -0.126. The van der Waals surface area contributed by atoms with E-state index in [1.807, 2.05) is 12.1 Å². The molecule has 1 atom stereocenters. The van der Waals surface area contributed by atoms with Crippen molar-refractivity contribution in [1.82, 2.24) is 10.3 Å². The number of aromatic nitrogens is 1. The second kappa shape index (κ2) is 7.24. The third-order valence-corrected chi connectivity index (χ3v) is 3.63. The van der Waals surface area contributed by atoms with E-state index in [0.717, 1.165) is 24.2 Å². The largest absolute Gasteiger partial charge is 0.506 e. The highest BCUT2D eigenvalue weighted by Gasteiger charge is 2.12. The first-order valence-corrected chi connectivity index (χ1v) is 7.14. The fourth-order valence-corrected chi connectivity index (χ4v) is 2.21. The number of rotatable bonds is 7. The van der Waals surface area contributed by atoms with Crippen LogP contribution < -0.4 is 5.32 Å². The zero-order chi connectivity index (χ0) is 15.2. The van der Waals surface area contributed by atoms with Crippen molar-refractivity contribution in [2.75, 3.05) is 0 Å². The van der Waals surface area contributed by atoms with Crippen LogP contribution in [0, 0.1) is 6.92 Å². The first kappa shape index (κ1) is 15.5. The number of pyridine rings is 1. The van der Waals surface area contributed by atoms with Gasteiger partial charge in [0.25, 0.3) is 0 Å². The number of hydrogen-bond acceptors (Lipinski definition) is 5. The van der Waals surface area contributed by atoms with E-state index in [0.29, 0.717) is 17.8 Å². The summed E-state index contributed by atoms with van der Waals surface area (Å²) in [6.45, 7) is 4.22. The first-order valence-electron chi connectivity index (χ1n) is 7.14. The van der Waals surface area contributed by atoms with Crippen LogP contribution in [0.15, 0.2) is 29.0 Å². The molecule has 0 saturated heterocycles. The number of furan rings is 1. The van der Waals surface area contributed by atoms with Crippen LogP contribution in [0.2, 0.25) is 0 Å². The fraction of sp³-hybridized carbons (Fsp3) is 0.438. The summed E-state index contributed by atoms with van der Waals surface area (Å²) in [5.41, 5.74) is 1.95. The van der Waals surface area contributed by atoms with E-state index in [2.05, 4.69) is 17.2 Å². The van der Waals surface area contributed by atoms with Gasteiger partial charge in [0.2, 0.25) is 0 Å². The molecule has 0 aliphatic carbocycles. The number of hydrogen-bond donors (Lipinski definition) is 3. The minimum Gasteiger partial charge on any atom is -0.506 e. The Balaban J connectivity index is 1.91. The lowest BCUT2D eigenvalue weighted by Gasteiger charge is -2.16.